The molecule has 4 rings (SSSR count). The van der Waals surface area contributed by atoms with E-state index in [1.54, 1.807) is 36.8 Å². The van der Waals surface area contributed by atoms with Crippen LogP contribution in [0.25, 0.3) is 10.9 Å². The number of nitriles is 2. The highest BCUT2D eigenvalue weighted by Crippen LogP contribution is 2.23. The van der Waals surface area contributed by atoms with E-state index in [9.17, 15) is 0 Å². The summed E-state index contributed by atoms with van der Waals surface area (Å²) in [5.74, 6) is 0. The van der Waals surface area contributed by atoms with Crippen LogP contribution in [0.15, 0.2) is 73.4 Å². The van der Waals surface area contributed by atoms with Gasteiger partial charge < -0.3 is 10.3 Å². The third-order valence-corrected chi connectivity index (χ3v) is 3.56. The largest absolute Gasteiger partial charge is 0.361 e. The molecule has 0 saturated carbocycles. The molecular formula is C20H14N6. The molecule has 0 fully saturated rings. The highest BCUT2D eigenvalue weighted by Gasteiger charge is 2.02. The van der Waals surface area contributed by atoms with E-state index in [0.717, 1.165) is 22.3 Å². The predicted molar refractivity (Wildman–Crippen MR) is 99.5 cm³/mol. The number of hydrogen-bond acceptors (Lipinski definition) is 5. The topological polar surface area (TPSA) is 101 Å². The second kappa shape index (κ2) is 8.09. The average molecular weight is 338 g/mol. The van der Waals surface area contributed by atoms with Crippen molar-refractivity contribution >= 4 is 22.3 Å². The fraction of sp³-hybridized carbons (Fsp3) is 0. The molecule has 0 spiro atoms. The van der Waals surface area contributed by atoms with Crippen molar-refractivity contribution in [3.8, 4) is 12.1 Å². The van der Waals surface area contributed by atoms with Gasteiger partial charge in [-0.1, -0.05) is 0 Å². The third-order valence-electron chi connectivity index (χ3n) is 3.56. The van der Waals surface area contributed by atoms with Gasteiger partial charge >= 0.3 is 0 Å². The molecule has 4 aromatic rings. The lowest BCUT2D eigenvalue weighted by Gasteiger charge is -2.07. The van der Waals surface area contributed by atoms with Crippen LogP contribution in [-0.2, 0) is 0 Å². The third kappa shape index (κ3) is 4.02. The van der Waals surface area contributed by atoms with E-state index in [-0.39, 0.29) is 0 Å². The van der Waals surface area contributed by atoms with Crippen molar-refractivity contribution in [1.29, 1.82) is 10.5 Å². The second-order valence-corrected chi connectivity index (χ2v) is 5.29. The van der Waals surface area contributed by atoms with Crippen LogP contribution in [0.5, 0.6) is 0 Å². The molecule has 1 aromatic carbocycles. The normalized spacial score (nSPS) is 9.46. The Morgan fingerprint density at radius 2 is 1.81 bits per heavy atom. The van der Waals surface area contributed by atoms with Crippen molar-refractivity contribution in [3.63, 3.8) is 0 Å². The number of hydrogen-bond donors (Lipinski definition) is 2. The van der Waals surface area contributed by atoms with Gasteiger partial charge in [-0.05, 0) is 42.5 Å². The summed E-state index contributed by atoms with van der Waals surface area (Å²) in [5, 5.41) is 21.6. The Bertz CT molecular complexity index is 1090. The van der Waals surface area contributed by atoms with Crippen LogP contribution in [0.1, 0.15) is 11.1 Å². The van der Waals surface area contributed by atoms with Crippen molar-refractivity contribution in [3.05, 3.63) is 84.6 Å². The van der Waals surface area contributed by atoms with E-state index in [1.807, 2.05) is 36.5 Å². The summed E-state index contributed by atoms with van der Waals surface area (Å²) in [6, 6.07) is 17.3. The van der Waals surface area contributed by atoms with E-state index < -0.39 is 0 Å². The van der Waals surface area contributed by atoms with Crippen molar-refractivity contribution in [2.24, 2.45) is 0 Å². The van der Waals surface area contributed by atoms with Crippen LogP contribution in [0.4, 0.5) is 11.4 Å². The number of rotatable bonds is 2. The summed E-state index contributed by atoms with van der Waals surface area (Å²) in [5.41, 5.74) is 3.95. The van der Waals surface area contributed by atoms with Gasteiger partial charge in [0.25, 0.3) is 0 Å². The zero-order valence-corrected chi connectivity index (χ0v) is 13.7. The molecule has 0 aliphatic heterocycles. The number of fused-ring (bicyclic) bond motifs is 1. The highest BCUT2D eigenvalue weighted by molar-refractivity contribution is 5.84. The molecule has 2 N–H and O–H groups in total. The number of pyridine rings is 2. The number of benzene rings is 1. The van der Waals surface area contributed by atoms with Gasteiger partial charge in [0.2, 0.25) is 0 Å². The summed E-state index contributed by atoms with van der Waals surface area (Å²) in [7, 11) is 0. The van der Waals surface area contributed by atoms with Crippen LogP contribution >= 0.6 is 0 Å². The van der Waals surface area contributed by atoms with Gasteiger partial charge in [-0.15, -0.1) is 0 Å². The Kier molecular flexibility index (Phi) is 5.19. The molecule has 0 saturated heterocycles. The zero-order valence-electron chi connectivity index (χ0n) is 13.7. The van der Waals surface area contributed by atoms with Crippen LogP contribution in [0.3, 0.4) is 0 Å². The molecule has 0 radical (unpaired) electrons. The molecule has 124 valence electrons. The highest BCUT2D eigenvalue weighted by atomic mass is 14.9. The maximum atomic E-state index is 9.00. The Morgan fingerprint density at radius 3 is 2.54 bits per heavy atom. The first-order valence-electron chi connectivity index (χ1n) is 7.78. The van der Waals surface area contributed by atoms with Crippen molar-refractivity contribution in [2.45, 2.75) is 0 Å². The Labute approximate surface area is 150 Å². The number of nitrogens with one attached hydrogen (secondary N) is 2. The molecule has 0 unspecified atom stereocenters. The van der Waals surface area contributed by atoms with Gasteiger partial charge in [0.1, 0.15) is 12.1 Å². The molecule has 0 bridgehead atoms. The summed E-state index contributed by atoms with van der Waals surface area (Å²) in [6.07, 6.45) is 8.29. The van der Waals surface area contributed by atoms with E-state index >= 15 is 0 Å². The molecule has 0 aliphatic rings. The fourth-order valence-corrected chi connectivity index (χ4v) is 2.31. The molecule has 6 heteroatoms. The van der Waals surface area contributed by atoms with E-state index in [4.69, 9.17) is 10.5 Å². The van der Waals surface area contributed by atoms with Gasteiger partial charge in [0.15, 0.2) is 0 Å². The Hall–Kier alpha value is -4.16. The van der Waals surface area contributed by atoms with Crippen LogP contribution in [0.2, 0.25) is 0 Å². The molecule has 3 heterocycles. The molecule has 6 nitrogen and oxygen atoms in total. The van der Waals surface area contributed by atoms with Gasteiger partial charge in [0, 0.05) is 47.6 Å². The zero-order chi connectivity index (χ0) is 18.2. The lowest BCUT2D eigenvalue weighted by Crippen LogP contribution is -1.93. The van der Waals surface area contributed by atoms with Gasteiger partial charge in [0.05, 0.1) is 16.8 Å². The fourth-order valence-electron chi connectivity index (χ4n) is 2.31. The standard InChI is InChI=1S/C14H10N4.C6H4N2/c15-8-11-9-16-5-4-14(11)18-12-1-2-13-10(7-12)3-6-17-13;7-4-6-2-1-3-8-5-6/h1-7,9,17H,(H,16,18);1-3,5H. The molecule has 26 heavy (non-hydrogen) atoms. The minimum atomic E-state index is 0.534. The van der Waals surface area contributed by atoms with Gasteiger partial charge in [-0.3, -0.25) is 9.97 Å². The summed E-state index contributed by atoms with van der Waals surface area (Å²) >= 11 is 0. The second-order valence-electron chi connectivity index (χ2n) is 5.29. The molecule has 0 atom stereocenters. The minimum absolute atomic E-state index is 0.534. The van der Waals surface area contributed by atoms with Crippen molar-refractivity contribution in [1.82, 2.24) is 15.0 Å². The van der Waals surface area contributed by atoms with Crippen LogP contribution in [0, 0.1) is 22.7 Å². The maximum absolute atomic E-state index is 9.00. The SMILES string of the molecule is N#Cc1cccnc1.N#Cc1cnccc1Nc1ccc2[nH]ccc2c1. The summed E-state index contributed by atoms with van der Waals surface area (Å²) in [4.78, 5) is 10.8. The number of H-pyrrole nitrogens is 1. The first-order valence-corrected chi connectivity index (χ1v) is 7.78. The monoisotopic (exact) mass is 338 g/mol. The lowest BCUT2D eigenvalue weighted by molar-refractivity contribution is 1.30. The predicted octanol–water partition coefficient (Wildman–Crippen LogP) is 4.13. The molecule has 3 aromatic heterocycles. The lowest BCUT2D eigenvalue weighted by atomic mass is 10.2. The number of anilines is 2. The quantitative estimate of drug-likeness (QED) is 0.572. The Balaban J connectivity index is 0.000000206. The molecule has 0 aliphatic carbocycles. The smallest absolute Gasteiger partial charge is 0.103 e. The summed E-state index contributed by atoms with van der Waals surface area (Å²) in [6.45, 7) is 0. The van der Waals surface area contributed by atoms with E-state index in [2.05, 4.69) is 26.3 Å². The maximum Gasteiger partial charge on any atom is 0.103 e. The van der Waals surface area contributed by atoms with Crippen LogP contribution < -0.4 is 5.32 Å². The summed E-state index contributed by atoms with van der Waals surface area (Å²) < 4.78 is 0. The number of aromatic nitrogens is 3. The molecule has 0 amide bonds. The Morgan fingerprint density at radius 1 is 0.923 bits per heavy atom. The number of aromatic amines is 1. The van der Waals surface area contributed by atoms with Crippen LogP contribution in [-0.4, -0.2) is 15.0 Å². The minimum Gasteiger partial charge on any atom is -0.361 e. The van der Waals surface area contributed by atoms with Gasteiger partial charge in [-0.2, -0.15) is 10.5 Å². The molecular weight excluding hydrogens is 324 g/mol. The van der Waals surface area contributed by atoms with Gasteiger partial charge in [-0.25, -0.2) is 0 Å². The van der Waals surface area contributed by atoms with Crippen molar-refractivity contribution in [2.75, 3.05) is 5.32 Å². The number of nitrogens with zero attached hydrogens (tertiary/aromatic N) is 4. The first kappa shape index (κ1) is 16.7. The van der Waals surface area contributed by atoms with E-state index in [0.29, 0.717) is 11.1 Å². The van der Waals surface area contributed by atoms with E-state index in [1.165, 1.54) is 6.20 Å². The average Bonchev–Trinajstić information content (AvgIpc) is 3.17. The van der Waals surface area contributed by atoms with Crippen molar-refractivity contribution < 1.29 is 0 Å². The first-order chi connectivity index (χ1) is 12.8.